The van der Waals surface area contributed by atoms with Gasteiger partial charge in [0.05, 0.1) is 6.54 Å². The minimum atomic E-state index is -4.50. The number of aromatic nitrogens is 1. The lowest BCUT2D eigenvalue weighted by atomic mass is 10.4. The number of thiazole rings is 1. The second kappa shape index (κ2) is 6.84. The van der Waals surface area contributed by atoms with Gasteiger partial charge in [-0.05, 0) is 0 Å². The van der Waals surface area contributed by atoms with Gasteiger partial charge in [0, 0.05) is 23.0 Å². The zero-order valence-corrected chi connectivity index (χ0v) is 11.8. The molecule has 0 aliphatic carbocycles. The van der Waals surface area contributed by atoms with E-state index in [9.17, 15) is 23.3 Å². The van der Waals surface area contributed by atoms with Crippen molar-refractivity contribution in [2.24, 2.45) is 4.99 Å². The Kier molecular flexibility index (Phi) is 5.69. The highest BCUT2D eigenvalue weighted by molar-refractivity contribution is 7.15. The van der Waals surface area contributed by atoms with Crippen LogP contribution in [-0.4, -0.2) is 47.0 Å². The van der Waals surface area contributed by atoms with E-state index in [0.29, 0.717) is 4.88 Å². The summed E-state index contributed by atoms with van der Waals surface area (Å²) in [6.07, 6.45) is -3.17. The van der Waals surface area contributed by atoms with Gasteiger partial charge < -0.3 is 4.90 Å². The van der Waals surface area contributed by atoms with E-state index in [1.807, 2.05) is 0 Å². The predicted octanol–water partition coefficient (Wildman–Crippen LogP) is 2.47. The summed E-state index contributed by atoms with van der Waals surface area (Å²) in [6, 6.07) is 0. The molecule has 112 valence electrons. The highest BCUT2D eigenvalue weighted by atomic mass is 35.5. The van der Waals surface area contributed by atoms with Crippen molar-refractivity contribution in [3.8, 4) is 0 Å². The Hall–Kier alpha value is -1.42. The molecule has 6 nitrogen and oxygen atoms in total. The van der Waals surface area contributed by atoms with Gasteiger partial charge in [-0.25, -0.2) is 4.98 Å². The number of alkyl halides is 3. The van der Waals surface area contributed by atoms with Crippen LogP contribution < -0.4 is 0 Å². The van der Waals surface area contributed by atoms with Crippen LogP contribution in [0.3, 0.4) is 0 Å². The first kappa shape index (κ1) is 16.6. The maximum absolute atomic E-state index is 12.5. The molecule has 0 fully saturated rings. The van der Waals surface area contributed by atoms with Crippen molar-refractivity contribution in [3.63, 3.8) is 0 Å². The Balaban J connectivity index is 2.92. The molecule has 0 aliphatic heterocycles. The molecular weight excluding hydrogens is 321 g/mol. The van der Waals surface area contributed by atoms with E-state index in [2.05, 4.69) is 9.98 Å². The van der Waals surface area contributed by atoms with Gasteiger partial charge in [-0.1, -0.05) is 11.6 Å². The van der Waals surface area contributed by atoms with Crippen LogP contribution in [0.2, 0.25) is 4.47 Å². The summed E-state index contributed by atoms with van der Waals surface area (Å²) in [6.45, 7) is -2.30. The van der Waals surface area contributed by atoms with Crippen molar-refractivity contribution in [3.05, 3.63) is 25.7 Å². The average molecular weight is 331 g/mol. The quantitative estimate of drug-likeness (QED) is 0.360. The zero-order valence-electron chi connectivity index (χ0n) is 10.2. The summed E-state index contributed by atoms with van der Waals surface area (Å²) in [7, 11) is 1.21. The minimum absolute atomic E-state index is 0.190. The summed E-state index contributed by atoms with van der Waals surface area (Å²) < 4.78 is 37.8. The maximum atomic E-state index is 12.5. The Morgan fingerprint density at radius 1 is 1.65 bits per heavy atom. The fourth-order valence-electron chi connectivity index (χ4n) is 1.43. The van der Waals surface area contributed by atoms with Gasteiger partial charge in [0.2, 0.25) is 0 Å². The van der Waals surface area contributed by atoms with E-state index >= 15 is 0 Å². The molecule has 1 aromatic heterocycles. The van der Waals surface area contributed by atoms with E-state index in [-0.39, 0.29) is 16.8 Å². The first-order chi connectivity index (χ1) is 9.21. The van der Waals surface area contributed by atoms with Gasteiger partial charge in [0.25, 0.3) is 6.54 Å². The van der Waals surface area contributed by atoms with Crippen LogP contribution in [-0.2, 0) is 6.54 Å². The fourth-order valence-corrected chi connectivity index (χ4v) is 2.42. The lowest BCUT2D eigenvalue weighted by Crippen LogP contribution is -2.41. The average Bonchev–Trinajstić information content (AvgIpc) is 2.68. The van der Waals surface area contributed by atoms with Crippen molar-refractivity contribution < 1.29 is 18.1 Å². The number of hydrogen-bond acceptors (Lipinski definition) is 5. The lowest BCUT2D eigenvalue weighted by molar-refractivity contribution is -0.464. The number of rotatable bonds is 5. The molecule has 0 aromatic carbocycles. The highest BCUT2D eigenvalue weighted by Crippen LogP contribution is 2.22. The molecule has 0 aliphatic rings. The molecule has 0 saturated heterocycles. The number of aliphatic imine (C=N–C) groups is 1. The fraction of sp³-hybridized carbons (Fsp3) is 0.556. The maximum Gasteiger partial charge on any atom is 0.405 e. The van der Waals surface area contributed by atoms with E-state index in [4.69, 9.17) is 11.6 Å². The number of amidine groups is 1. The normalized spacial score (nSPS) is 12.6. The minimum Gasteiger partial charge on any atom is -0.341 e. The molecule has 0 unspecified atom stereocenters. The van der Waals surface area contributed by atoms with Crippen molar-refractivity contribution in [1.29, 1.82) is 0 Å². The van der Waals surface area contributed by atoms with Crippen LogP contribution in [0, 0.1) is 10.1 Å². The topological polar surface area (TPSA) is 71.6 Å². The largest absolute Gasteiger partial charge is 0.405 e. The van der Waals surface area contributed by atoms with E-state index in [1.54, 1.807) is 0 Å². The summed E-state index contributed by atoms with van der Waals surface area (Å²) in [5.41, 5.74) is 0. The molecule has 1 heterocycles. The Bertz CT molecular complexity index is 506. The summed E-state index contributed by atoms with van der Waals surface area (Å²) in [4.78, 5) is 18.3. The van der Waals surface area contributed by atoms with Gasteiger partial charge >= 0.3 is 6.18 Å². The van der Waals surface area contributed by atoms with E-state index in [1.165, 1.54) is 13.2 Å². The van der Waals surface area contributed by atoms with Crippen LogP contribution in [0.5, 0.6) is 0 Å². The molecule has 0 amide bonds. The standard InChI is InChI=1S/C9H10ClF3N4O2S/c1-14-7(4-17(18)19)16(5-9(11,12)13)3-6-2-15-8(10)20-6/h2H,3-5H2,1H3. The van der Waals surface area contributed by atoms with Crippen LogP contribution >= 0.6 is 22.9 Å². The van der Waals surface area contributed by atoms with Crippen molar-refractivity contribution in [2.75, 3.05) is 20.1 Å². The molecule has 0 spiro atoms. The summed E-state index contributed by atoms with van der Waals surface area (Å²) >= 11 is 6.61. The van der Waals surface area contributed by atoms with Gasteiger partial charge in [0.1, 0.15) is 6.54 Å². The Labute approximate surface area is 121 Å². The third-order valence-electron chi connectivity index (χ3n) is 2.14. The summed E-state index contributed by atoms with van der Waals surface area (Å²) in [5.74, 6) is -0.253. The zero-order chi connectivity index (χ0) is 15.3. The van der Waals surface area contributed by atoms with E-state index < -0.39 is 24.2 Å². The summed E-state index contributed by atoms with van der Waals surface area (Å²) in [5, 5.41) is 10.5. The van der Waals surface area contributed by atoms with Crippen LogP contribution in [0.25, 0.3) is 0 Å². The molecule has 0 atom stereocenters. The molecule has 0 bridgehead atoms. The molecule has 11 heteroatoms. The molecule has 0 radical (unpaired) electrons. The molecule has 1 aromatic rings. The van der Waals surface area contributed by atoms with Gasteiger partial charge in [-0.15, -0.1) is 11.3 Å². The first-order valence-electron chi connectivity index (χ1n) is 5.20. The molecule has 20 heavy (non-hydrogen) atoms. The monoisotopic (exact) mass is 330 g/mol. The van der Waals surface area contributed by atoms with Crippen LogP contribution in [0.1, 0.15) is 4.88 Å². The van der Waals surface area contributed by atoms with Gasteiger partial charge in [0.15, 0.2) is 10.3 Å². The smallest absolute Gasteiger partial charge is 0.341 e. The van der Waals surface area contributed by atoms with Crippen molar-refractivity contribution in [1.82, 2.24) is 9.88 Å². The Morgan fingerprint density at radius 3 is 2.70 bits per heavy atom. The number of nitro groups is 1. The third-order valence-corrected chi connectivity index (χ3v) is 3.24. The van der Waals surface area contributed by atoms with Crippen molar-refractivity contribution >= 4 is 28.8 Å². The van der Waals surface area contributed by atoms with E-state index in [0.717, 1.165) is 16.2 Å². The lowest BCUT2D eigenvalue weighted by Gasteiger charge is -2.24. The molecule has 1 rings (SSSR count). The first-order valence-corrected chi connectivity index (χ1v) is 6.40. The van der Waals surface area contributed by atoms with Gasteiger partial charge in [-0.2, -0.15) is 13.2 Å². The second-order valence-electron chi connectivity index (χ2n) is 3.68. The number of hydrogen-bond donors (Lipinski definition) is 0. The van der Waals surface area contributed by atoms with Crippen LogP contribution in [0.4, 0.5) is 13.2 Å². The SMILES string of the molecule is CN=C(C[N+](=O)[O-])N(Cc1cnc(Cl)s1)CC(F)(F)F. The van der Waals surface area contributed by atoms with Crippen molar-refractivity contribution in [2.45, 2.75) is 12.7 Å². The number of halogens is 4. The van der Waals surface area contributed by atoms with Crippen LogP contribution in [0.15, 0.2) is 11.2 Å². The molecule has 0 saturated carbocycles. The molecular formula is C9H10ClF3N4O2S. The predicted molar refractivity (Wildman–Crippen MR) is 68.8 cm³/mol. The number of nitrogens with zero attached hydrogens (tertiary/aromatic N) is 4. The Morgan fingerprint density at radius 2 is 2.30 bits per heavy atom. The highest BCUT2D eigenvalue weighted by Gasteiger charge is 2.33. The molecule has 0 N–H and O–H groups in total. The third kappa shape index (κ3) is 5.70. The van der Waals surface area contributed by atoms with Gasteiger partial charge in [-0.3, -0.25) is 15.1 Å². The second-order valence-corrected chi connectivity index (χ2v) is 5.38.